The summed E-state index contributed by atoms with van der Waals surface area (Å²) in [5, 5.41) is 2.75. The summed E-state index contributed by atoms with van der Waals surface area (Å²) >= 11 is 0. The minimum atomic E-state index is -3.75. The van der Waals surface area contributed by atoms with Crippen molar-refractivity contribution >= 4 is 22.0 Å². The molecular weight excluding hydrogens is 358 g/mol. The smallest absolute Gasteiger partial charge is 0.325 e. The highest BCUT2D eigenvalue weighted by Gasteiger charge is 2.53. The number of hydrogen-bond acceptors (Lipinski definition) is 5. The molecule has 142 valence electrons. The molecule has 0 aliphatic carbocycles. The topological polar surface area (TPSA) is 96.0 Å². The van der Waals surface area contributed by atoms with Crippen LogP contribution < -0.4 is 10.1 Å². The predicted octanol–water partition coefficient (Wildman–Crippen LogP) is 1.10. The summed E-state index contributed by atoms with van der Waals surface area (Å²) in [5.74, 6) is 0.0217. The fourth-order valence-electron chi connectivity index (χ4n) is 3.54. The van der Waals surface area contributed by atoms with Crippen LogP contribution in [0.2, 0.25) is 0 Å². The number of urea groups is 1. The van der Waals surface area contributed by atoms with Crippen LogP contribution in [0.3, 0.4) is 0 Å². The molecule has 1 N–H and O–H groups in total. The minimum Gasteiger partial charge on any atom is -0.495 e. The number of imide groups is 1. The van der Waals surface area contributed by atoms with Gasteiger partial charge >= 0.3 is 6.03 Å². The first-order valence-electron chi connectivity index (χ1n) is 8.54. The zero-order chi connectivity index (χ0) is 19.1. The third-order valence-electron chi connectivity index (χ3n) is 5.08. The van der Waals surface area contributed by atoms with Crippen molar-refractivity contribution in [3.8, 4) is 5.75 Å². The van der Waals surface area contributed by atoms with Crippen LogP contribution in [0.5, 0.6) is 5.75 Å². The summed E-state index contributed by atoms with van der Waals surface area (Å²) in [6.45, 7) is 4.16. The Balaban J connectivity index is 1.83. The summed E-state index contributed by atoms with van der Waals surface area (Å²) in [4.78, 5) is 25.8. The molecule has 26 heavy (non-hydrogen) atoms. The molecule has 2 aliphatic rings. The van der Waals surface area contributed by atoms with E-state index in [9.17, 15) is 18.0 Å². The van der Waals surface area contributed by atoms with Crippen LogP contribution in [0.15, 0.2) is 23.1 Å². The van der Waals surface area contributed by atoms with Crippen molar-refractivity contribution in [3.05, 3.63) is 23.8 Å². The maximum atomic E-state index is 13.1. The maximum Gasteiger partial charge on any atom is 0.325 e. The molecule has 9 heteroatoms. The monoisotopic (exact) mass is 381 g/mol. The number of aryl methyl sites for hydroxylation is 1. The van der Waals surface area contributed by atoms with E-state index in [-0.39, 0.29) is 36.7 Å². The van der Waals surface area contributed by atoms with E-state index < -0.39 is 21.6 Å². The number of nitrogens with zero attached hydrogens (tertiary/aromatic N) is 2. The molecule has 3 amide bonds. The second-order valence-corrected chi connectivity index (χ2v) is 8.53. The highest BCUT2D eigenvalue weighted by Crippen LogP contribution is 2.34. The van der Waals surface area contributed by atoms with Gasteiger partial charge in [0.2, 0.25) is 10.0 Å². The van der Waals surface area contributed by atoms with Gasteiger partial charge in [0.1, 0.15) is 16.2 Å². The molecule has 0 bridgehead atoms. The molecule has 0 aromatic heterocycles. The second kappa shape index (κ2) is 6.55. The summed E-state index contributed by atoms with van der Waals surface area (Å²) < 4.78 is 32.7. The van der Waals surface area contributed by atoms with Gasteiger partial charge in [-0.25, -0.2) is 13.2 Å². The molecule has 0 atom stereocenters. The van der Waals surface area contributed by atoms with Crippen LogP contribution in [0.4, 0.5) is 4.79 Å². The standard InChI is InChI=1S/C17H23N3O5S/c1-4-20-15(21)17(18-16(20)22)7-9-19(10-8-17)26(23,24)14-11-12(2)5-6-13(14)25-3/h5-6,11H,4,7-10H2,1-3H3,(H,18,22). The zero-order valence-corrected chi connectivity index (χ0v) is 15.9. The van der Waals surface area contributed by atoms with E-state index in [1.165, 1.54) is 16.3 Å². The van der Waals surface area contributed by atoms with Gasteiger partial charge in [-0.05, 0) is 44.4 Å². The Labute approximate surface area is 153 Å². The molecular formula is C17H23N3O5S. The first kappa shape index (κ1) is 18.7. The number of amides is 3. The molecule has 8 nitrogen and oxygen atoms in total. The Morgan fingerprint density at radius 2 is 1.88 bits per heavy atom. The van der Waals surface area contributed by atoms with Crippen molar-refractivity contribution in [1.82, 2.24) is 14.5 Å². The van der Waals surface area contributed by atoms with Gasteiger partial charge in [-0.3, -0.25) is 9.69 Å². The third kappa shape index (κ3) is 2.84. The summed E-state index contributed by atoms with van der Waals surface area (Å²) in [5.41, 5.74) is -0.176. The Hall–Kier alpha value is -2.13. The lowest BCUT2D eigenvalue weighted by Crippen LogP contribution is -2.55. The van der Waals surface area contributed by atoms with Crippen molar-refractivity contribution in [3.63, 3.8) is 0 Å². The molecule has 0 unspecified atom stereocenters. The molecule has 3 rings (SSSR count). The molecule has 0 radical (unpaired) electrons. The van der Waals surface area contributed by atoms with Crippen LogP contribution in [0.1, 0.15) is 25.3 Å². The van der Waals surface area contributed by atoms with Gasteiger partial charge in [-0.2, -0.15) is 4.31 Å². The average Bonchev–Trinajstić information content (AvgIpc) is 2.84. The Morgan fingerprint density at radius 1 is 1.23 bits per heavy atom. The van der Waals surface area contributed by atoms with Gasteiger partial charge in [-0.1, -0.05) is 6.07 Å². The first-order valence-corrected chi connectivity index (χ1v) is 9.98. The largest absolute Gasteiger partial charge is 0.495 e. The van der Waals surface area contributed by atoms with Crippen LogP contribution in [0.25, 0.3) is 0 Å². The number of carbonyl (C=O) groups excluding carboxylic acids is 2. The van der Waals surface area contributed by atoms with E-state index in [0.717, 1.165) is 5.56 Å². The van der Waals surface area contributed by atoms with Gasteiger partial charge in [0, 0.05) is 19.6 Å². The Morgan fingerprint density at radius 3 is 2.42 bits per heavy atom. The van der Waals surface area contributed by atoms with Gasteiger partial charge < -0.3 is 10.1 Å². The second-order valence-electron chi connectivity index (χ2n) is 6.62. The molecule has 2 saturated heterocycles. The summed E-state index contributed by atoms with van der Waals surface area (Å²) in [6.07, 6.45) is 0.503. The predicted molar refractivity (Wildman–Crippen MR) is 94.4 cm³/mol. The number of hydrogen-bond donors (Lipinski definition) is 1. The van der Waals surface area contributed by atoms with Crippen LogP contribution in [-0.4, -0.2) is 61.8 Å². The number of carbonyl (C=O) groups is 2. The number of ether oxygens (including phenoxy) is 1. The first-order chi connectivity index (χ1) is 12.2. The van der Waals surface area contributed by atoms with Crippen LogP contribution >= 0.6 is 0 Å². The minimum absolute atomic E-state index is 0.118. The fourth-order valence-corrected chi connectivity index (χ4v) is 5.22. The van der Waals surface area contributed by atoms with Gasteiger partial charge in [-0.15, -0.1) is 0 Å². The van der Waals surface area contributed by atoms with Crippen molar-refractivity contribution in [2.24, 2.45) is 0 Å². The van der Waals surface area contributed by atoms with Gasteiger partial charge in [0.15, 0.2) is 0 Å². The molecule has 2 heterocycles. The lowest BCUT2D eigenvalue weighted by atomic mass is 9.88. The summed E-state index contributed by atoms with van der Waals surface area (Å²) in [7, 11) is -2.32. The molecule has 2 fully saturated rings. The van der Waals surface area contributed by atoms with Crippen molar-refractivity contribution < 1.29 is 22.7 Å². The highest BCUT2D eigenvalue weighted by molar-refractivity contribution is 7.89. The number of piperidine rings is 1. The van der Waals surface area contributed by atoms with E-state index in [0.29, 0.717) is 12.3 Å². The van der Waals surface area contributed by atoms with Gasteiger partial charge in [0.25, 0.3) is 5.91 Å². The van der Waals surface area contributed by atoms with E-state index in [4.69, 9.17) is 4.74 Å². The number of nitrogens with one attached hydrogen (secondary N) is 1. The van der Waals surface area contributed by atoms with Crippen molar-refractivity contribution in [2.75, 3.05) is 26.7 Å². The van der Waals surface area contributed by atoms with E-state index >= 15 is 0 Å². The van der Waals surface area contributed by atoms with E-state index in [1.54, 1.807) is 25.1 Å². The lowest BCUT2D eigenvalue weighted by molar-refractivity contribution is -0.132. The fraction of sp³-hybridized carbons (Fsp3) is 0.529. The average molecular weight is 381 g/mol. The SMILES string of the molecule is CCN1C(=O)NC2(CCN(S(=O)(=O)c3cc(C)ccc3OC)CC2)C1=O. The summed E-state index contributed by atoms with van der Waals surface area (Å²) in [6, 6.07) is 4.59. The number of benzene rings is 1. The number of rotatable bonds is 4. The van der Waals surface area contributed by atoms with Crippen molar-refractivity contribution in [2.45, 2.75) is 37.1 Å². The van der Waals surface area contributed by atoms with Crippen LogP contribution in [-0.2, 0) is 14.8 Å². The number of likely N-dealkylation sites (N-methyl/N-ethyl adjacent to an activating group) is 1. The van der Waals surface area contributed by atoms with E-state index in [2.05, 4.69) is 5.32 Å². The van der Waals surface area contributed by atoms with Crippen molar-refractivity contribution in [1.29, 1.82) is 0 Å². The Bertz CT molecular complexity index is 844. The Kier molecular flexibility index (Phi) is 4.70. The lowest BCUT2D eigenvalue weighted by Gasteiger charge is -2.36. The highest BCUT2D eigenvalue weighted by atomic mass is 32.2. The number of sulfonamides is 1. The zero-order valence-electron chi connectivity index (χ0n) is 15.1. The molecule has 2 aliphatic heterocycles. The van der Waals surface area contributed by atoms with E-state index in [1.807, 2.05) is 6.92 Å². The molecule has 1 aromatic rings. The van der Waals surface area contributed by atoms with Crippen LogP contribution in [0, 0.1) is 6.92 Å². The molecule has 1 aromatic carbocycles. The van der Waals surface area contributed by atoms with Gasteiger partial charge in [0.05, 0.1) is 7.11 Å². The quantitative estimate of drug-likeness (QED) is 0.788. The third-order valence-corrected chi connectivity index (χ3v) is 6.99. The number of methoxy groups -OCH3 is 1. The molecule has 0 saturated carbocycles. The maximum absolute atomic E-state index is 13.1. The molecule has 1 spiro atoms. The normalized spacial score (nSPS) is 20.5.